The van der Waals surface area contributed by atoms with Crippen molar-refractivity contribution in [3.8, 4) is 0 Å². The highest BCUT2D eigenvalue weighted by molar-refractivity contribution is 6.33. The third-order valence-corrected chi connectivity index (χ3v) is 2.08. The molecule has 66 valence electrons. The number of pyridine rings is 1. The van der Waals surface area contributed by atoms with Crippen LogP contribution in [0.25, 0.3) is 10.9 Å². The Balaban J connectivity index is 2.89. The van der Waals surface area contributed by atoms with Crippen LogP contribution in [0.1, 0.15) is 0 Å². The van der Waals surface area contributed by atoms with E-state index in [1.807, 2.05) is 0 Å². The number of benzene rings is 1. The van der Waals surface area contributed by atoms with Gasteiger partial charge in [0.05, 0.1) is 5.02 Å². The van der Waals surface area contributed by atoms with Crippen molar-refractivity contribution >= 4 is 28.3 Å². The summed E-state index contributed by atoms with van der Waals surface area (Å²) in [7, 11) is 0. The zero-order chi connectivity index (χ0) is 9.42. The lowest BCUT2D eigenvalue weighted by molar-refractivity contribution is 0.637. The van der Waals surface area contributed by atoms with Crippen LogP contribution in [-0.2, 0) is 0 Å². The number of nitrogen functional groups attached to an aromatic ring is 1. The zero-order valence-electron chi connectivity index (χ0n) is 6.59. The van der Waals surface area contributed by atoms with Crippen molar-refractivity contribution in [3.63, 3.8) is 0 Å². The van der Waals surface area contributed by atoms with Gasteiger partial charge in [-0.3, -0.25) is 0 Å². The molecule has 1 aromatic heterocycles. The van der Waals surface area contributed by atoms with E-state index in [0.29, 0.717) is 10.4 Å². The summed E-state index contributed by atoms with van der Waals surface area (Å²) in [4.78, 5) is 3.85. The summed E-state index contributed by atoms with van der Waals surface area (Å²) in [6, 6.07) is 6.27. The Hall–Kier alpha value is -1.35. The summed E-state index contributed by atoms with van der Waals surface area (Å²) in [5, 5.41) is 0.998. The van der Waals surface area contributed by atoms with Gasteiger partial charge in [0.15, 0.2) is 0 Å². The first-order valence-corrected chi connectivity index (χ1v) is 4.06. The molecule has 0 spiro atoms. The predicted octanol–water partition coefficient (Wildman–Crippen LogP) is 2.61. The van der Waals surface area contributed by atoms with Crippen LogP contribution >= 0.6 is 11.6 Å². The third-order valence-electron chi connectivity index (χ3n) is 1.78. The quantitative estimate of drug-likeness (QED) is 0.704. The van der Waals surface area contributed by atoms with Crippen molar-refractivity contribution in [3.05, 3.63) is 35.1 Å². The van der Waals surface area contributed by atoms with Crippen LogP contribution in [0.3, 0.4) is 0 Å². The van der Waals surface area contributed by atoms with E-state index in [2.05, 4.69) is 4.98 Å². The van der Waals surface area contributed by atoms with Crippen LogP contribution in [0.15, 0.2) is 24.3 Å². The van der Waals surface area contributed by atoms with Crippen LogP contribution in [0, 0.1) is 5.82 Å². The van der Waals surface area contributed by atoms with E-state index in [9.17, 15) is 4.39 Å². The highest BCUT2D eigenvalue weighted by atomic mass is 35.5. The van der Waals surface area contributed by atoms with Gasteiger partial charge < -0.3 is 5.73 Å². The highest BCUT2D eigenvalue weighted by Gasteiger charge is 2.04. The minimum absolute atomic E-state index is 0.152. The molecule has 2 aromatic rings. The Morgan fingerprint density at radius 2 is 2.15 bits per heavy atom. The zero-order valence-corrected chi connectivity index (χ0v) is 7.35. The molecule has 0 fully saturated rings. The Labute approximate surface area is 79.1 Å². The second-order valence-corrected chi connectivity index (χ2v) is 3.07. The van der Waals surface area contributed by atoms with E-state index < -0.39 is 0 Å². The molecule has 13 heavy (non-hydrogen) atoms. The van der Waals surface area contributed by atoms with E-state index >= 15 is 0 Å². The molecule has 1 aromatic carbocycles. The molecule has 4 heteroatoms. The molecule has 0 aliphatic heterocycles. The van der Waals surface area contributed by atoms with E-state index in [4.69, 9.17) is 17.3 Å². The smallest absolute Gasteiger partial charge is 0.149 e. The van der Waals surface area contributed by atoms with Crippen LogP contribution in [-0.4, -0.2) is 4.98 Å². The monoisotopic (exact) mass is 196 g/mol. The van der Waals surface area contributed by atoms with Gasteiger partial charge in [0.1, 0.15) is 17.2 Å². The largest absolute Gasteiger partial charge is 0.382 e. The lowest BCUT2D eigenvalue weighted by Gasteiger charge is -2.01. The van der Waals surface area contributed by atoms with Crippen molar-refractivity contribution in [2.75, 3.05) is 5.73 Å². The number of rotatable bonds is 0. The Kier molecular flexibility index (Phi) is 1.81. The van der Waals surface area contributed by atoms with Crippen molar-refractivity contribution < 1.29 is 4.39 Å². The summed E-state index contributed by atoms with van der Waals surface area (Å²) < 4.78 is 13.1. The van der Waals surface area contributed by atoms with E-state index in [-0.39, 0.29) is 17.2 Å². The molecule has 0 radical (unpaired) electrons. The number of para-hydroxylation sites is 1. The van der Waals surface area contributed by atoms with Crippen LogP contribution < -0.4 is 5.73 Å². The van der Waals surface area contributed by atoms with E-state index in [0.717, 1.165) is 0 Å². The number of nitrogens with zero attached hydrogens (tertiary/aromatic N) is 1. The fourth-order valence-corrected chi connectivity index (χ4v) is 1.31. The number of halogens is 2. The van der Waals surface area contributed by atoms with Crippen LogP contribution in [0.4, 0.5) is 10.2 Å². The molecule has 0 unspecified atom stereocenters. The number of nitrogens with two attached hydrogens (primary N) is 1. The summed E-state index contributed by atoms with van der Waals surface area (Å²) in [6.45, 7) is 0. The first-order chi connectivity index (χ1) is 6.18. The second kappa shape index (κ2) is 2.85. The fourth-order valence-electron chi connectivity index (χ4n) is 1.15. The lowest BCUT2D eigenvalue weighted by atomic mass is 10.2. The molecule has 0 saturated heterocycles. The fraction of sp³-hybridized carbons (Fsp3) is 0. The molecular formula is C9H6ClFN2. The van der Waals surface area contributed by atoms with Crippen LogP contribution in [0.5, 0.6) is 0 Å². The molecule has 0 amide bonds. The summed E-state index contributed by atoms with van der Waals surface area (Å²) in [5.74, 6) is -0.236. The first-order valence-electron chi connectivity index (χ1n) is 3.69. The number of aromatic nitrogens is 1. The summed E-state index contributed by atoms with van der Waals surface area (Å²) in [6.07, 6.45) is 0. The molecule has 0 aliphatic carbocycles. The van der Waals surface area contributed by atoms with Crippen molar-refractivity contribution in [1.29, 1.82) is 0 Å². The van der Waals surface area contributed by atoms with Gasteiger partial charge in [-0.1, -0.05) is 23.7 Å². The average molecular weight is 197 g/mol. The number of fused-ring (bicyclic) bond motifs is 1. The second-order valence-electron chi connectivity index (χ2n) is 2.67. The lowest BCUT2D eigenvalue weighted by Crippen LogP contribution is -1.93. The number of anilines is 1. The Bertz CT molecular complexity index is 470. The maximum atomic E-state index is 13.1. The van der Waals surface area contributed by atoms with Gasteiger partial charge in [0, 0.05) is 5.39 Å². The minimum atomic E-state index is -0.388. The van der Waals surface area contributed by atoms with Gasteiger partial charge in [0.25, 0.3) is 0 Å². The average Bonchev–Trinajstić information content (AvgIpc) is 2.09. The SMILES string of the molecule is Nc1nc2c(F)cccc2cc1Cl. The Morgan fingerprint density at radius 1 is 1.38 bits per heavy atom. The van der Waals surface area contributed by atoms with Gasteiger partial charge in [-0.05, 0) is 12.1 Å². The molecule has 0 atom stereocenters. The topological polar surface area (TPSA) is 38.9 Å². The molecule has 2 rings (SSSR count). The number of hydrogen-bond donors (Lipinski definition) is 1. The number of hydrogen-bond acceptors (Lipinski definition) is 2. The highest BCUT2D eigenvalue weighted by Crippen LogP contribution is 2.23. The molecule has 0 aliphatic rings. The van der Waals surface area contributed by atoms with Gasteiger partial charge in [-0.25, -0.2) is 9.37 Å². The molecule has 1 heterocycles. The maximum absolute atomic E-state index is 13.1. The third kappa shape index (κ3) is 1.31. The molecule has 2 nitrogen and oxygen atoms in total. The molecule has 0 saturated carbocycles. The first kappa shape index (κ1) is 8.26. The normalized spacial score (nSPS) is 10.6. The van der Waals surface area contributed by atoms with Gasteiger partial charge in [-0.2, -0.15) is 0 Å². The molecular weight excluding hydrogens is 191 g/mol. The van der Waals surface area contributed by atoms with Crippen molar-refractivity contribution in [2.45, 2.75) is 0 Å². The van der Waals surface area contributed by atoms with Crippen LogP contribution in [0.2, 0.25) is 5.02 Å². The van der Waals surface area contributed by atoms with E-state index in [1.165, 1.54) is 6.07 Å². The minimum Gasteiger partial charge on any atom is -0.382 e. The Morgan fingerprint density at radius 3 is 2.92 bits per heavy atom. The van der Waals surface area contributed by atoms with Crippen molar-refractivity contribution in [2.24, 2.45) is 0 Å². The van der Waals surface area contributed by atoms with Crippen molar-refractivity contribution in [1.82, 2.24) is 4.98 Å². The molecule has 0 bridgehead atoms. The standard InChI is InChI=1S/C9H6ClFN2/c10-6-4-5-2-1-3-7(11)8(5)13-9(6)12/h1-4H,(H2,12,13). The molecule has 2 N–H and O–H groups in total. The van der Waals surface area contributed by atoms with Gasteiger partial charge in [-0.15, -0.1) is 0 Å². The van der Waals surface area contributed by atoms with Gasteiger partial charge >= 0.3 is 0 Å². The van der Waals surface area contributed by atoms with E-state index in [1.54, 1.807) is 18.2 Å². The summed E-state index contributed by atoms with van der Waals surface area (Å²) >= 11 is 5.73. The maximum Gasteiger partial charge on any atom is 0.149 e. The predicted molar refractivity (Wildman–Crippen MR) is 51.1 cm³/mol. The summed E-state index contributed by atoms with van der Waals surface area (Å²) in [5.41, 5.74) is 5.70. The van der Waals surface area contributed by atoms with Gasteiger partial charge in [0.2, 0.25) is 0 Å².